The molecule has 1 aliphatic heterocycles. The lowest BCUT2D eigenvalue weighted by Crippen LogP contribution is -2.54. The second kappa shape index (κ2) is 9.61. The van der Waals surface area contributed by atoms with Gasteiger partial charge in [-0.2, -0.15) is 0 Å². The first-order chi connectivity index (χ1) is 15.3. The standard InChI is InChI=1S/C23H20N2O7/c1-3-7-15-10-14(12-18(31-2)20(15)32-13-19(26)27)11-17-21(28)24-23(30)25(22(17)29)16-8-5-4-6-9-16/h3-6,8-12H,1,7,13H2,2H3,(H,26,27)(H,24,28,30)/b17-11+. The fraction of sp³-hybridized carbons (Fsp3) is 0.130. The zero-order valence-electron chi connectivity index (χ0n) is 17.2. The summed E-state index contributed by atoms with van der Waals surface area (Å²) in [5.41, 5.74) is 1.03. The molecule has 0 spiro atoms. The number of hydrogen-bond acceptors (Lipinski definition) is 6. The largest absolute Gasteiger partial charge is 0.493 e. The van der Waals surface area contributed by atoms with Crippen LogP contribution in [0.3, 0.4) is 0 Å². The minimum atomic E-state index is -1.15. The van der Waals surface area contributed by atoms with Crippen LogP contribution in [0.5, 0.6) is 11.5 Å². The van der Waals surface area contributed by atoms with Gasteiger partial charge in [0.25, 0.3) is 11.8 Å². The van der Waals surface area contributed by atoms with Crippen molar-refractivity contribution in [3.63, 3.8) is 0 Å². The van der Waals surface area contributed by atoms with Crippen molar-refractivity contribution in [3.05, 3.63) is 71.8 Å². The van der Waals surface area contributed by atoms with Gasteiger partial charge in [0.15, 0.2) is 18.1 Å². The highest BCUT2D eigenvalue weighted by Gasteiger charge is 2.36. The number of hydrogen-bond donors (Lipinski definition) is 2. The normalized spacial score (nSPS) is 14.8. The molecule has 1 fully saturated rings. The molecule has 0 saturated carbocycles. The topological polar surface area (TPSA) is 122 Å². The quantitative estimate of drug-likeness (QED) is 0.370. The van der Waals surface area contributed by atoms with Crippen LogP contribution in [-0.4, -0.2) is 42.6 Å². The maximum absolute atomic E-state index is 13.0. The third kappa shape index (κ3) is 4.67. The number of aliphatic carboxylic acids is 1. The first kappa shape index (κ1) is 22.3. The van der Waals surface area contributed by atoms with Crippen molar-refractivity contribution in [1.29, 1.82) is 0 Å². The number of carboxylic acids is 1. The lowest BCUT2D eigenvalue weighted by atomic mass is 10.0. The number of amides is 4. The number of ether oxygens (including phenoxy) is 2. The molecule has 9 heteroatoms. The summed E-state index contributed by atoms with van der Waals surface area (Å²) in [6.07, 6.45) is 3.24. The van der Waals surface area contributed by atoms with Gasteiger partial charge in [0.1, 0.15) is 5.57 Å². The van der Waals surface area contributed by atoms with Gasteiger partial charge < -0.3 is 14.6 Å². The summed E-state index contributed by atoms with van der Waals surface area (Å²) in [6.45, 7) is 3.11. The van der Waals surface area contributed by atoms with Crippen molar-refractivity contribution >= 4 is 35.6 Å². The molecule has 0 aromatic heterocycles. The zero-order chi connectivity index (χ0) is 23.3. The summed E-state index contributed by atoms with van der Waals surface area (Å²) >= 11 is 0. The number of anilines is 1. The van der Waals surface area contributed by atoms with Crippen LogP contribution >= 0.6 is 0 Å². The highest BCUT2D eigenvalue weighted by Crippen LogP contribution is 2.34. The summed E-state index contributed by atoms with van der Waals surface area (Å²) in [6, 6.07) is 10.5. The van der Waals surface area contributed by atoms with Gasteiger partial charge in [0.05, 0.1) is 12.8 Å². The number of urea groups is 1. The van der Waals surface area contributed by atoms with Crippen LogP contribution in [0.1, 0.15) is 11.1 Å². The van der Waals surface area contributed by atoms with Crippen LogP contribution in [-0.2, 0) is 20.8 Å². The monoisotopic (exact) mass is 436 g/mol. The van der Waals surface area contributed by atoms with Gasteiger partial charge in [0, 0.05) is 5.56 Å². The Morgan fingerprint density at radius 3 is 2.53 bits per heavy atom. The predicted molar refractivity (Wildman–Crippen MR) is 115 cm³/mol. The van der Waals surface area contributed by atoms with E-state index in [1.165, 1.54) is 19.3 Å². The van der Waals surface area contributed by atoms with E-state index in [0.717, 1.165) is 4.90 Å². The Hall–Kier alpha value is -4.40. The molecule has 0 bridgehead atoms. The fourth-order valence-corrected chi connectivity index (χ4v) is 3.16. The third-order valence-corrected chi connectivity index (χ3v) is 4.51. The van der Waals surface area contributed by atoms with E-state index in [2.05, 4.69) is 11.9 Å². The van der Waals surface area contributed by atoms with E-state index in [0.29, 0.717) is 23.2 Å². The number of nitrogens with one attached hydrogen (secondary N) is 1. The number of methoxy groups -OCH3 is 1. The second-order valence-electron chi connectivity index (χ2n) is 6.68. The average molecular weight is 436 g/mol. The van der Waals surface area contributed by atoms with Crippen molar-refractivity contribution in [1.82, 2.24) is 5.32 Å². The van der Waals surface area contributed by atoms with Crippen LogP contribution in [0.4, 0.5) is 10.5 Å². The number of carboxylic acid groups (broad SMARTS) is 1. The molecule has 2 aromatic rings. The van der Waals surface area contributed by atoms with Crippen LogP contribution in [0.25, 0.3) is 6.08 Å². The molecule has 9 nitrogen and oxygen atoms in total. The second-order valence-corrected chi connectivity index (χ2v) is 6.68. The molecule has 164 valence electrons. The van der Waals surface area contributed by atoms with Gasteiger partial charge in [0.2, 0.25) is 0 Å². The number of imide groups is 2. The Bertz CT molecular complexity index is 1120. The number of allylic oxidation sites excluding steroid dienone is 1. The van der Waals surface area contributed by atoms with E-state index in [-0.39, 0.29) is 17.1 Å². The molecule has 3 rings (SSSR count). The number of para-hydroxylation sites is 1. The van der Waals surface area contributed by atoms with Crippen LogP contribution in [0, 0.1) is 0 Å². The van der Waals surface area contributed by atoms with E-state index >= 15 is 0 Å². The highest BCUT2D eigenvalue weighted by molar-refractivity contribution is 6.39. The molecule has 0 unspecified atom stereocenters. The molecule has 1 aliphatic rings. The van der Waals surface area contributed by atoms with Gasteiger partial charge in [-0.25, -0.2) is 14.5 Å². The highest BCUT2D eigenvalue weighted by atomic mass is 16.5. The van der Waals surface area contributed by atoms with Gasteiger partial charge in [-0.15, -0.1) is 6.58 Å². The van der Waals surface area contributed by atoms with Crippen molar-refractivity contribution < 1.29 is 33.8 Å². The summed E-state index contributed by atoms with van der Waals surface area (Å²) in [4.78, 5) is 49.5. The van der Waals surface area contributed by atoms with E-state index in [1.54, 1.807) is 42.5 Å². The number of carbonyl (C=O) groups excluding carboxylic acids is 3. The molecule has 0 atom stereocenters. The molecular formula is C23H20N2O7. The van der Waals surface area contributed by atoms with Gasteiger partial charge in [-0.05, 0) is 42.3 Å². The minimum absolute atomic E-state index is 0.220. The summed E-state index contributed by atoms with van der Waals surface area (Å²) in [5.74, 6) is -2.32. The molecule has 0 radical (unpaired) electrons. The summed E-state index contributed by atoms with van der Waals surface area (Å²) in [5, 5.41) is 11.1. The molecular weight excluding hydrogens is 416 g/mol. The first-order valence-electron chi connectivity index (χ1n) is 9.48. The van der Waals surface area contributed by atoms with E-state index in [1.807, 2.05) is 0 Å². The molecule has 2 aromatic carbocycles. The Balaban J connectivity index is 2.05. The van der Waals surface area contributed by atoms with E-state index in [9.17, 15) is 19.2 Å². The SMILES string of the molecule is C=CCc1cc(/C=C2\C(=O)NC(=O)N(c3ccccc3)C2=O)cc(OC)c1OCC(=O)O. The van der Waals surface area contributed by atoms with Gasteiger partial charge in [-0.3, -0.25) is 14.9 Å². The molecule has 2 N–H and O–H groups in total. The number of carbonyl (C=O) groups is 4. The Morgan fingerprint density at radius 2 is 1.91 bits per heavy atom. The zero-order valence-corrected chi connectivity index (χ0v) is 17.2. The lowest BCUT2D eigenvalue weighted by Gasteiger charge is -2.26. The summed E-state index contributed by atoms with van der Waals surface area (Å²) < 4.78 is 10.7. The van der Waals surface area contributed by atoms with E-state index in [4.69, 9.17) is 14.6 Å². The van der Waals surface area contributed by atoms with Crippen LogP contribution in [0.15, 0.2) is 60.7 Å². The summed E-state index contributed by atoms with van der Waals surface area (Å²) in [7, 11) is 1.38. The van der Waals surface area contributed by atoms with E-state index < -0.39 is 30.4 Å². The van der Waals surface area contributed by atoms with Gasteiger partial charge >= 0.3 is 12.0 Å². The van der Waals surface area contributed by atoms with Crippen molar-refractivity contribution in [2.24, 2.45) is 0 Å². The Kier molecular flexibility index (Phi) is 6.69. The maximum Gasteiger partial charge on any atom is 0.341 e. The average Bonchev–Trinajstić information content (AvgIpc) is 2.76. The number of benzene rings is 2. The van der Waals surface area contributed by atoms with Crippen LogP contribution in [0.2, 0.25) is 0 Å². The minimum Gasteiger partial charge on any atom is -0.493 e. The Labute approximate surface area is 183 Å². The molecule has 0 aliphatic carbocycles. The maximum atomic E-state index is 13.0. The number of barbiturate groups is 1. The fourth-order valence-electron chi connectivity index (χ4n) is 3.16. The van der Waals surface area contributed by atoms with Crippen LogP contribution < -0.4 is 19.7 Å². The third-order valence-electron chi connectivity index (χ3n) is 4.51. The molecule has 4 amide bonds. The van der Waals surface area contributed by atoms with Gasteiger partial charge in [-0.1, -0.05) is 24.3 Å². The first-order valence-corrected chi connectivity index (χ1v) is 9.48. The molecule has 1 heterocycles. The predicted octanol–water partition coefficient (Wildman–Crippen LogP) is 2.55. The number of rotatable bonds is 8. The number of nitrogens with zero attached hydrogens (tertiary/aromatic N) is 1. The van der Waals surface area contributed by atoms with Crippen molar-refractivity contribution in [2.45, 2.75) is 6.42 Å². The lowest BCUT2D eigenvalue weighted by molar-refractivity contribution is -0.139. The molecule has 1 saturated heterocycles. The smallest absolute Gasteiger partial charge is 0.341 e. The van der Waals surface area contributed by atoms with Crippen molar-refractivity contribution in [3.8, 4) is 11.5 Å². The molecule has 32 heavy (non-hydrogen) atoms. The van der Waals surface area contributed by atoms with Crippen molar-refractivity contribution in [2.75, 3.05) is 18.6 Å². The Morgan fingerprint density at radius 1 is 1.19 bits per heavy atom.